The minimum Gasteiger partial charge on any atom is -0.257 e. The molecule has 0 unspecified atom stereocenters. The molecule has 0 atom stereocenters. The highest BCUT2D eigenvalue weighted by Gasteiger charge is 1.96. The highest BCUT2D eigenvalue weighted by Crippen LogP contribution is 2.21. The van der Waals surface area contributed by atoms with E-state index in [1.165, 1.54) is 19.3 Å². The lowest BCUT2D eigenvalue weighted by Gasteiger charge is -1.94. The summed E-state index contributed by atoms with van der Waals surface area (Å²) in [5, 5.41) is 6.84. The number of H-pyrrole nitrogens is 1. The molecule has 1 aromatic rings. The van der Waals surface area contributed by atoms with E-state index in [9.17, 15) is 0 Å². The van der Waals surface area contributed by atoms with Gasteiger partial charge in [0.1, 0.15) is 0 Å². The molecule has 0 aliphatic rings. The smallest absolute Gasteiger partial charge is 0.177 e. The second-order valence-corrected chi connectivity index (χ2v) is 5.44. The normalized spacial score (nSPS) is 10.4. The molecule has 1 aromatic heterocycles. The molecule has 0 spiro atoms. The minimum atomic E-state index is 0.771. The standard InChI is InChI=1S/C7H12N2S3/c1-2-3-4-5-11-7-9-8-6(10)12-7/h2-5H2,1H3,(H,8,10). The lowest BCUT2D eigenvalue weighted by molar-refractivity contribution is 0.778. The fourth-order valence-corrected chi connectivity index (χ4v) is 2.94. The van der Waals surface area contributed by atoms with Gasteiger partial charge < -0.3 is 0 Å². The van der Waals surface area contributed by atoms with Gasteiger partial charge in [-0.3, -0.25) is 5.10 Å². The fourth-order valence-electron chi connectivity index (χ4n) is 0.790. The summed E-state index contributed by atoms with van der Waals surface area (Å²) < 4.78 is 1.84. The average molecular weight is 220 g/mol. The summed E-state index contributed by atoms with van der Waals surface area (Å²) in [5.41, 5.74) is 0. The summed E-state index contributed by atoms with van der Waals surface area (Å²) >= 11 is 8.27. The van der Waals surface area contributed by atoms with E-state index in [1.54, 1.807) is 23.1 Å². The van der Waals surface area contributed by atoms with Gasteiger partial charge in [0.25, 0.3) is 0 Å². The van der Waals surface area contributed by atoms with Crippen molar-refractivity contribution in [3.63, 3.8) is 0 Å². The Morgan fingerprint density at radius 3 is 3.00 bits per heavy atom. The van der Waals surface area contributed by atoms with Gasteiger partial charge in [0, 0.05) is 5.75 Å². The van der Waals surface area contributed by atoms with Crippen LogP contribution in [-0.4, -0.2) is 16.0 Å². The second-order valence-electron chi connectivity index (χ2n) is 2.43. The van der Waals surface area contributed by atoms with Gasteiger partial charge in [-0.1, -0.05) is 42.9 Å². The predicted octanol–water partition coefficient (Wildman–Crippen LogP) is 3.48. The number of aromatic nitrogens is 2. The summed E-state index contributed by atoms with van der Waals surface area (Å²) in [6, 6.07) is 0. The van der Waals surface area contributed by atoms with Crippen molar-refractivity contribution in [2.45, 2.75) is 30.5 Å². The number of nitrogens with one attached hydrogen (secondary N) is 1. The molecule has 0 aliphatic heterocycles. The Kier molecular flexibility index (Phi) is 4.87. The quantitative estimate of drug-likeness (QED) is 0.468. The van der Waals surface area contributed by atoms with E-state index < -0.39 is 0 Å². The molecule has 0 saturated carbocycles. The molecule has 2 nitrogen and oxygen atoms in total. The number of thioether (sulfide) groups is 1. The first-order valence-corrected chi connectivity index (χ1v) is 6.22. The highest BCUT2D eigenvalue weighted by molar-refractivity contribution is 8.01. The average Bonchev–Trinajstić information content (AvgIpc) is 2.45. The summed E-state index contributed by atoms with van der Waals surface area (Å²) in [4.78, 5) is 0. The van der Waals surface area contributed by atoms with Crippen LogP contribution in [0.5, 0.6) is 0 Å². The van der Waals surface area contributed by atoms with Crippen LogP contribution in [0.3, 0.4) is 0 Å². The van der Waals surface area contributed by atoms with E-state index in [0.29, 0.717) is 0 Å². The van der Waals surface area contributed by atoms with Gasteiger partial charge in [0.15, 0.2) is 8.29 Å². The Balaban J connectivity index is 2.20. The van der Waals surface area contributed by atoms with Gasteiger partial charge in [-0.2, -0.15) is 5.10 Å². The van der Waals surface area contributed by atoms with Gasteiger partial charge >= 0.3 is 0 Å². The van der Waals surface area contributed by atoms with E-state index in [-0.39, 0.29) is 0 Å². The Labute approximate surface area is 85.8 Å². The molecule has 0 radical (unpaired) electrons. The van der Waals surface area contributed by atoms with Crippen LogP contribution in [0.4, 0.5) is 0 Å². The number of hydrogen-bond donors (Lipinski definition) is 1. The molecule has 1 N–H and O–H groups in total. The molecule has 0 aromatic carbocycles. The molecule has 0 saturated heterocycles. The monoisotopic (exact) mass is 220 g/mol. The summed E-state index contributed by atoms with van der Waals surface area (Å²) in [6.07, 6.45) is 3.85. The molecular formula is C7H12N2S3. The van der Waals surface area contributed by atoms with E-state index in [4.69, 9.17) is 12.2 Å². The molecule has 0 fully saturated rings. The molecule has 68 valence electrons. The van der Waals surface area contributed by atoms with E-state index in [0.717, 1.165) is 14.0 Å². The lowest BCUT2D eigenvalue weighted by atomic mass is 10.3. The number of unbranched alkanes of at least 4 members (excludes halogenated alkanes) is 2. The maximum Gasteiger partial charge on any atom is 0.177 e. The van der Waals surface area contributed by atoms with Crippen molar-refractivity contribution in [3.8, 4) is 0 Å². The van der Waals surface area contributed by atoms with Crippen LogP contribution in [0.15, 0.2) is 4.34 Å². The Morgan fingerprint density at radius 2 is 2.42 bits per heavy atom. The van der Waals surface area contributed by atoms with Crippen LogP contribution in [-0.2, 0) is 0 Å². The van der Waals surface area contributed by atoms with Crippen LogP contribution in [0.2, 0.25) is 0 Å². The number of hydrogen-bond acceptors (Lipinski definition) is 4. The van der Waals surface area contributed by atoms with Crippen molar-refractivity contribution in [3.05, 3.63) is 3.95 Å². The number of rotatable bonds is 5. The molecule has 1 heterocycles. The molecule has 5 heteroatoms. The Bertz CT molecular complexity index is 266. The molecule has 12 heavy (non-hydrogen) atoms. The summed E-state index contributed by atoms with van der Waals surface area (Å²) in [6.45, 7) is 2.21. The largest absolute Gasteiger partial charge is 0.257 e. The van der Waals surface area contributed by atoms with Crippen molar-refractivity contribution >= 4 is 35.3 Å². The Hall–Kier alpha value is 0.130. The molecule has 1 rings (SSSR count). The van der Waals surface area contributed by atoms with E-state index in [1.807, 2.05) is 0 Å². The van der Waals surface area contributed by atoms with Gasteiger partial charge in [0.2, 0.25) is 0 Å². The van der Waals surface area contributed by atoms with Crippen LogP contribution in [0.1, 0.15) is 26.2 Å². The van der Waals surface area contributed by atoms with Crippen molar-refractivity contribution in [2.24, 2.45) is 0 Å². The SMILES string of the molecule is CCCCCSc1n[nH]c(=S)s1. The number of aromatic amines is 1. The Morgan fingerprint density at radius 1 is 1.58 bits per heavy atom. The van der Waals surface area contributed by atoms with Gasteiger partial charge in [-0.05, 0) is 18.6 Å². The zero-order valence-corrected chi connectivity index (χ0v) is 9.45. The van der Waals surface area contributed by atoms with Crippen LogP contribution < -0.4 is 0 Å². The van der Waals surface area contributed by atoms with Crippen molar-refractivity contribution in [1.29, 1.82) is 0 Å². The third-order valence-corrected chi connectivity index (χ3v) is 3.71. The number of nitrogens with zero attached hydrogens (tertiary/aromatic N) is 1. The van der Waals surface area contributed by atoms with E-state index >= 15 is 0 Å². The molecule has 0 aliphatic carbocycles. The first-order chi connectivity index (χ1) is 5.83. The summed E-state index contributed by atoms with van der Waals surface area (Å²) in [5.74, 6) is 1.16. The van der Waals surface area contributed by atoms with Gasteiger partial charge in [-0.15, -0.1) is 0 Å². The predicted molar refractivity (Wildman–Crippen MR) is 57.5 cm³/mol. The zero-order valence-electron chi connectivity index (χ0n) is 7.00. The highest BCUT2D eigenvalue weighted by atomic mass is 32.2. The molecule has 0 bridgehead atoms. The first-order valence-electron chi connectivity index (χ1n) is 4.01. The third kappa shape index (κ3) is 3.69. The van der Waals surface area contributed by atoms with Crippen LogP contribution in [0.25, 0.3) is 0 Å². The van der Waals surface area contributed by atoms with Crippen LogP contribution >= 0.6 is 35.3 Å². The molecular weight excluding hydrogens is 208 g/mol. The van der Waals surface area contributed by atoms with Crippen molar-refractivity contribution < 1.29 is 0 Å². The van der Waals surface area contributed by atoms with Crippen LogP contribution in [0, 0.1) is 3.95 Å². The lowest BCUT2D eigenvalue weighted by Crippen LogP contribution is -1.79. The first kappa shape index (κ1) is 10.2. The van der Waals surface area contributed by atoms with Gasteiger partial charge in [0.05, 0.1) is 0 Å². The minimum absolute atomic E-state index is 0.771. The van der Waals surface area contributed by atoms with Crippen molar-refractivity contribution in [2.75, 3.05) is 5.75 Å². The fraction of sp³-hybridized carbons (Fsp3) is 0.714. The topological polar surface area (TPSA) is 28.7 Å². The van der Waals surface area contributed by atoms with Crippen molar-refractivity contribution in [1.82, 2.24) is 10.2 Å². The van der Waals surface area contributed by atoms with Gasteiger partial charge in [-0.25, -0.2) is 0 Å². The maximum absolute atomic E-state index is 4.92. The molecule has 0 amide bonds. The summed E-state index contributed by atoms with van der Waals surface area (Å²) in [7, 11) is 0. The third-order valence-electron chi connectivity index (χ3n) is 1.39. The zero-order chi connectivity index (χ0) is 8.81. The van der Waals surface area contributed by atoms with E-state index in [2.05, 4.69) is 17.1 Å². The maximum atomic E-state index is 4.92. The second kappa shape index (κ2) is 5.72.